The van der Waals surface area contributed by atoms with E-state index in [4.69, 9.17) is 9.31 Å². The Labute approximate surface area is 89.4 Å². The fraction of sp³-hybridized carbons (Fsp3) is 0.429. The predicted molar refractivity (Wildman–Crippen MR) is 51.9 cm³/mol. The monoisotopic (exact) mass is 261 g/mol. The summed E-state index contributed by atoms with van der Waals surface area (Å²) in [6, 6.07) is 0. The number of nitrogens with zero attached hydrogens (tertiary/aromatic N) is 1. The van der Waals surface area contributed by atoms with Crippen molar-refractivity contribution < 1.29 is 23.3 Å². The molecule has 14 heavy (non-hydrogen) atoms. The van der Waals surface area contributed by atoms with Gasteiger partial charge in [0, 0.05) is 7.05 Å². The summed E-state index contributed by atoms with van der Waals surface area (Å²) < 4.78 is 10.8. The van der Waals surface area contributed by atoms with Gasteiger partial charge in [0.1, 0.15) is 13.1 Å². The molecule has 76 valence electrons. The van der Waals surface area contributed by atoms with Gasteiger partial charge >= 0.3 is 18.6 Å². The molecule has 2 fully saturated rings. The highest BCUT2D eigenvalue weighted by atomic mass is 79.9. The molecule has 0 saturated carbocycles. The first-order valence-electron chi connectivity index (χ1n) is 4.16. The molecule has 0 aromatic carbocycles. The van der Waals surface area contributed by atoms with E-state index in [0.29, 0.717) is 4.38 Å². The van der Waals surface area contributed by atoms with Crippen LogP contribution in [-0.4, -0.2) is 43.2 Å². The minimum absolute atomic E-state index is 0.141. The van der Waals surface area contributed by atoms with Gasteiger partial charge in [0.15, 0.2) is 0 Å². The summed E-state index contributed by atoms with van der Waals surface area (Å²) >= 11 is 3.15. The number of hydrogen-bond donors (Lipinski definition) is 0. The molecule has 2 rings (SSSR count). The maximum atomic E-state index is 11.2. The number of fused-ring (bicyclic) bond motifs is 1. The van der Waals surface area contributed by atoms with Crippen molar-refractivity contribution in [3.8, 4) is 0 Å². The lowest BCUT2D eigenvalue weighted by molar-refractivity contribution is -0.791. The molecule has 7 heteroatoms. The first-order chi connectivity index (χ1) is 6.40. The first-order valence-corrected chi connectivity index (χ1v) is 4.96. The van der Waals surface area contributed by atoms with E-state index >= 15 is 0 Å². The van der Waals surface area contributed by atoms with Gasteiger partial charge in [-0.2, -0.15) is 0 Å². The van der Waals surface area contributed by atoms with Gasteiger partial charge in [-0.1, -0.05) is 15.9 Å². The van der Waals surface area contributed by atoms with Gasteiger partial charge < -0.3 is 13.7 Å². The lowest BCUT2D eigenvalue weighted by Gasteiger charge is -2.39. The minimum atomic E-state index is -2.08. The van der Waals surface area contributed by atoms with Crippen molar-refractivity contribution in [3.05, 3.63) is 11.0 Å². The van der Waals surface area contributed by atoms with E-state index in [1.165, 1.54) is 0 Å². The summed E-state index contributed by atoms with van der Waals surface area (Å²) in [6.07, 6.45) is 0. The van der Waals surface area contributed by atoms with Crippen LogP contribution < -0.4 is 0 Å². The van der Waals surface area contributed by atoms with E-state index in [1.807, 2.05) is 0 Å². The van der Waals surface area contributed by atoms with E-state index in [2.05, 4.69) is 22.5 Å². The topological polar surface area (TPSA) is 52.6 Å². The van der Waals surface area contributed by atoms with E-state index in [1.54, 1.807) is 7.05 Å². The second kappa shape index (κ2) is 2.61. The van der Waals surface area contributed by atoms with Gasteiger partial charge in [-0.3, -0.25) is 9.59 Å². The number of carbonyl (C=O) groups excluding carboxylic acids is 2. The Kier molecular flexibility index (Phi) is 1.81. The molecule has 0 aliphatic carbocycles. The minimum Gasteiger partial charge on any atom is -0.596 e. The van der Waals surface area contributed by atoms with Crippen LogP contribution in [0.3, 0.4) is 0 Å². The summed E-state index contributed by atoms with van der Waals surface area (Å²) in [5, 5.41) is 0. The van der Waals surface area contributed by atoms with Gasteiger partial charge in [0.25, 0.3) is 0 Å². The average molecular weight is 262 g/mol. The van der Waals surface area contributed by atoms with Crippen molar-refractivity contribution in [2.45, 2.75) is 0 Å². The van der Waals surface area contributed by atoms with E-state index in [-0.39, 0.29) is 29.4 Å². The molecule has 2 saturated heterocycles. The molecule has 0 radical (unpaired) electrons. The van der Waals surface area contributed by atoms with E-state index in [9.17, 15) is 9.59 Å². The van der Waals surface area contributed by atoms with Crippen LogP contribution in [-0.2, 0) is 18.9 Å². The molecule has 5 nitrogen and oxygen atoms in total. The van der Waals surface area contributed by atoms with Crippen molar-refractivity contribution in [2.75, 3.05) is 20.1 Å². The molecule has 0 bridgehead atoms. The zero-order valence-electron chi connectivity index (χ0n) is 7.66. The number of carbonyl (C=O) groups is 2. The number of hydrogen-bond acceptors (Lipinski definition) is 4. The Hall–Kier alpha value is -0.815. The van der Waals surface area contributed by atoms with E-state index in [0.717, 1.165) is 0 Å². The zero-order valence-corrected chi connectivity index (χ0v) is 9.24. The first kappa shape index (κ1) is 9.73. The van der Waals surface area contributed by atoms with Crippen LogP contribution in [0.4, 0.5) is 0 Å². The van der Waals surface area contributed by atoms with Crippen molar-refractivity contribution in [1.29, 1.82) is 0 Å². The molecule has 0 amide bonds. The molecular formula is C7H9BBrNO4. The van der Waals surface area contributed by atoms with Gasteiger partial charge in [0.2, 0.25) is 0 Å². The third kappa shape index (κ3) is 0.993. The number of quaternary nitrogens is 1. The average Bonchev–Trinajstić information content (AvgIpc) is 2.33. The molecule has 2 aliphatic rings. The molecule has 2 heterocycles. The smallest absolute Gasteiger partial charge is 0.596 e. The van der Waals surface area contributed by atoms with Crippen molar-refractivity contribution >= 4 is 34.6 Å². The fourth-order valence-corrected chi connectivity index (χ4v) is 2.74. The van der Waals surface area contributed by atoms with Gasteiger partial charge in [0.05, 0.1) is 0 Å². The molecule has 0 N–H and O–H groups in total. The highest BCUT2D eigenvalue weighted by molar-refractivity contribution is 9.12. The second-order valence-electron chi connectivity index (χ2n) is 3.89. The standard InChI is InChI=1S/C7H9BBrNO4/c1-5(9)8-10(2,3-6(11)13-8)4-7(12)14-8/h1,3-4H2,2H3. The maximum absolute atomic E-state index is 11.2. The number of halogens is 1. The molecule has 0 unspecified atom stereocenters. The Bertz CT molecular complexity index is 336. The second-order valence-corrected chi connectivity index (χ2v) is 4.91. The lowest BCUT2D eigenvalue weighted by atomic mass is 9.69. The maximum Gasteiger partial charge on any atom is 0.620 e. The van der Waals surface area contributed by atoms with E-state index < -0.39 is 6.69 Å². The highest BCUT2D eigenvalue weighted by Crippen LogP contribution is 2.39. The third-order valence-electron chi connectivity index (χ3n) is 2.78. The van der Waals surface area contributed by atoms with Crippen LogP contribution in [0.1, 0.15) is 0 Å². The molecule has 2 aliphatic heterocycles. The Morgan fingerprint density at radius 3 is 2.14 bits per heavy atom. The third-order valence-corrected chi connectivity index (χ3v) is 3.36. The Balaban J connectivity index is 2.49. The van der Waals surface area contributed by atoms with Crippen LogP contribution in [0.25, 0.3) is 0 Å². The predicted octanol–water partition coefficient (Wildman–Crippen LogP) is -0.0667. The van der Waals surface area contributed by atoms with Crippen LogP contribution in [0, 0.1) is 0 Å². The summed E-state index contributed by atoms with van der Waals surface area (Å²) in [7, 11) is 1.75. The molecular weight excluding hydrogens is 253 g/mol. The molecule has 0 spiro atoms. The van der Waals surface area contributed by atoms with Gasteiger partial charge in [-0.15, -0.1) is 6.58 Å². The van der Waals surface area contributed by atoms with Gasteiger partial charge in [-0.05, 0) is 4.38 Å². The van der Waals surface area contributed by atoms with Crippen LogP contribution >= 0.6 is 15.9 Å². The molecule has 0 aromatic heterocycles. The largest absolute Gasteiger partial charge is 0.620 e. The number of likely N-dealkylation sites (N-methyl/N-ethyl adjacent to an activating group) is 1. The Morgan fingerprint density at radius 1 is 1.43 bits per heavy atom. The Morgan fingerprint density at radius 2 is 1.86 bits per heavy atom. The lowest BCUT2D eigenvalue weighted by Crippen LogP contribution is -2.60. The summed E-state index contributed by atoms with van der Waals surface area (Å²) in [5.41, 5.74) is 0. The summed E-state index contributed by atoms with van der Waals surface area (Å²) in [4.78, 5) is 22.4. The van der Waals surface area contributed by atoms with Crippen molar-refractivity contribution in [2.24, 2.45) is 0 Å². The molecule has 0 aromatic rings. The van der Waals surface area contributed by atoms with Crippen LogP contribution in [0.2, 0.25) is 0 Å². The zero-order chi connectivity index (χ0) is 10.6. The summed E-state index contributed by atoms with van der Waals surface area (Å²) in [5.74, 6) is -0.721. The van der Waals surface area contributed by atoms with Crippen LogP contribution in [0.15, 0.2) is 11.0 Å². The van der Waals surface area contributed by atoms with Crippen LogP contribution in [0.5, 0.6) is 0 Å². The quantitative estimate of drug-likeness (QED) is 0.621. The SMILES string of the molecule is C=C(Br)[B-]12OC(=O)C[N+]1(C)CC(=O)O2. The highest BCUT2D eigenvalue weighted by Gasteiger charge is 2.66. The molecule has 0 atom stereocenters. The normalized spacial score (nSPS) is 40.4. The summed E-state index contributed by atoms with van der Waals surface area (Å²) in [6.45, 7) is 1.88. The number of rotatable bonds is 1. The fourth-order valence-electron chi connectivity index (χ4n) is 2.06. The van der Waals surface area contributed by atoms with Crippen molar-refractivity contribution in [1.82, 2.24) is 0 Å². The van der Waals surface area contributed by atoms with Gasteiger partial charge in [-0.25, -0.2) is 0 Å². The van der Waals surface area contributed by atoms with Crippen molar-refractivity contribution in [3.63, 3.8) is 0 Å².